The van der Waals surface area contributed by atoms with E-state index in [2.05, 4.69) is 42.2 Å². The smallest absolute Gasteiger partial charge is 0.262 e. The van der Waals surface area contributed by atoms with Crippen LogP contribution < -0.4 is 14.8 Å². The van der Waals surface area contributed by atoms with Gasteiger partial charge in [-0.1, -0.05) is 34.1 Å². The average molecular weight is 518 g/mol. The summed E-state index contributed by atoms with van der Waals surface area (Å²) in [6.45, 7) is -0.126. The maximum atomic E-state index is 12.2. The molecule has 1 N–H and O–H groups in total. The summed E-state index contributed by atoms with van der Waals surface area (Å²) in [7, 11) is 1.62. The zero-order valence-electron chi connectivity index (χ0n) is 15.6. The van der Waals surface area contributed by atoms with Gasteiger partial charge in [0.1, 0.15) is 11.5 Å². The van der Waals surface area contributed by atoms with Crippen LogP contribution in [-0.2, 0) is 4.79 Å². The van der Waals surface area contributed by atoms with E-state index in [1.54, 1.807) is 13.3 Å². The molecule has 0 unspecified atom stereocenters. The molecule has 0 spiro atoms. The minimum atomic E-state index is -0.246. The van der Waals surface area contributed by atoms with Crippen molar-refractivity contribution in [2.24, 2.45) is 4.99 Å². The van der Waals surface area contributed by atoms with Gasteiger partial charge in [0.2, 0.25) is 0 Å². The Morgan fingerprint density at radius 3 is 2.48 bits per heavy atom. The van der Waals surface area contributed by atoms with Gasteiger partial charge in [0.05, 0.1) is 17.3 Å². The van der Waals surface area contributed by atoms with E-state index >= 15 is 0 Å². The summed E-state index contributed by atoms with van der Waals surface area (Å²) in [5.74, 6) is 1.06. The zero-order valence-corrected chi connectivity index (χ0v) is 18.7. The Hall–Kier alpha value is -2.64. The van der Waals surface area contributed by atoms with Gasteiger partial charge in [-0.2, -0.15) is 0 Å². The Morgan fingerprint density at radius 1 is 1.07 bits per heavy atom. The molecule has 0 aliphatic heterocycles. The third kappa shape index (κ3) is 6.17. The molecule has 3 rings (SSSR count). The number of nitrogens with zero attached hydrogens (tertiary/aromatic N) is 1. The number of rotatable bonds is 7. The maximum Gasteiger partial charge on any atom is 0.262 e. The number of methoxy groups -OCH3 is 1. The summed E-state index contributed by atoms with van der Waals surface area (Å²) >= 11 is 6.97. The number of benzene rings is 3. The van der Waals surface area contributed by atoms with E-state index in [1.807, 2.05) is 66.7 Å². The van der Waals surface area contributed by atoms with Gasteiger partial charge in [0, 0.05) is 21.9 Å². The second-order valence-electron chi connectivity index (χ2n) is 5.97. The van der Waals surface area contributed by atoms with E-state index in [-0.39, 0.29) is 12.5 Å². The number of aliphatic imine (C=N–C) groups is 1. The first-order valence-electron chi connectivity index (χ1n) is 8.70. The first kappa shape index (κ1) is 21.1. The summed E-state index contributed by atoms with van der Waals surface area (Å²) in [5, 5.41) is 2.80. The van der Waals surface area contributed by atoms with Crippen LogP contribution in [-0.4, -0.2) is 25.8 Å². The van der Waals surface area contributed by atoms with Crippen LogP contribution in [0.4, 0.5) is 11.4 Å². The minimum Gasteiger partial charge on any atom is -0.497 e. The molecular weight excluding hydrogens is 500 g/mol. The largest absolute Gasteiger partial charge is 0.497 e. The topological polar surface area (TPSA) is 59.9 Å². The van der Waals surface area contributed by atoms with Gasteiger partial charge in [-0.05, 0) is 64.5 Å². The number of amides is 1. The number of hydrogen-bond donors (Lipinski definition) is 1. The third-order valence-corrected chi connectivity index (χ3v) is 4.91. The number of ether oxygens (including phenoxy) is 2. The number of halogens is 2. The number of hydrogen-bond acceptors (Lipinski definition) is 4. The Bertz CT molecular complexity index is 1010. The Balaban J connectivity index is 1.74. The summed E-state index contributed by atoms with van der Waals surface area (Å²) < 4.78 is 12.5. The number of carbonyl (C=O) groups is 1. The van der Waals surface area contributed by atoms with E-state index in [9.17, 15) is 4.79 Å². The molecule has 0 aliphatic rings. The highest BCUT2D eigenvalue weighted by Crippen LogP contribution is 2.32. The highest BCUT2D eigenvalue weighted by atomic mass is 79.9. The zero-order chi connectivity index (χ0) is 20.6. The number of carbonyl (C=O) groups excluding carboxylic acids is 1. The number of para-hydroxylation sites is 1. The standard InChI is InChI=1S/C22H18Br2N2O3/c1-28-19-9-7-17(8-10-19)25-13-15-11-16(23)12-20(24)22(15)29-14-21(27)26-18-5-3-2-4-6-18/h2-13H,14H2,1H3,(H,26,27). The van der Waals surface area contributed by atoms with Gasteiger partial charge in [0.25, 0.3) is 5.91 Å². The molecule has 0 aliphatic carbocycles. The van der Waals surface area contributed by atoms with Crippen molar-refractivity contribution in [3.8, 4) is 11.5 Å². The molecule has 0 heterocycles. The molecule has 3 aromatic rings. The highest BCUT2D eigenvalue weighted by Gasteiger charge is 2.12. The minimum absolute atomic E-state index is 0.126. The van der Waals surface area contributed by atoms with E-state index in [4.69, 9.17) is 9.47 Å². The second kappa shape index (κ2) is 10.2. The molecule has 1 amide bonds. The van der Waals surface area contributed by atoms with Gasteiger partial charge >= 0.3 is 0 Å². The molecule has 7 heteroatoms. The van der Waals surface area contributed by atoms with Crippen LogP contribution in [0.2, 0.25) is 0 Å². The molecule has 148 valence electrons. The van der Waals surface area contributed by atoms with Crippen LogP contribution in [0.1, 0.15) is 5.56 Å². The molecular formula is C22H18Br2N2O3. The molecule has 0 aromatic heterocycles. The predicted molar refractivity (Wildman–Crippen MR) is 123 cm³/mol. The van der Waals surface area contributed by atoms with E-state index in [0.717, 1.165) is 31.6 Å². The fourth-order valence-electron chi connectivity index (χ4n) is 2.50. The fraction of sp³-hybridized carbons (Fsp3) is 0.0909. The quantitative estimate of drug-likeness (QED) is 0.391. The molecule has 0 bridgehead atoms. The van der Waals surface area contributed by atoms with Crippen LogP contribution in [0.25, 0.3) is 0 Å². The molecule has 3 aromatic carbocycles. The van der Waals surface area contributed by atoms with Crippen LogP contribution in [0.5, 0.6) is 11.5 Å². The van der Waals surface area contributed by atoms with Crippen molar-refractivity contribution in [3.63, 3.8) is 0 Å². The summed E-state index contributed by atoms with van der Waals surface area (Å²) in [4.78, 5) is 16.7. The first-order valence-corrected chi connectivity index (χ1v) is 10.3. The lowest BCUT2D eigenvalue weighted by atomic mass is 10.2. The van der Waals surface area contributed by atoms with Gasteiger partial charge in [-0.15, -0.1) is 0 Å². The lowest BCUT2D eigenvalue weighted by molar-refractivity contribution is -0.118. The Kier molecular flexibility index (Phi) is 7.43. The SMILES string of the molecule is COc1ccc(N=Cc2cc(Br)cc(Br)c2OCC(=O)Nc2ccccc2)cc1. The van der Waals surface area contributed by atoms with E-state index in [0.29, 0.717) is 5.75 Å². The van der Waals surface area contributed by atoms with Gasteiger partial charge in [-0.3, -0.25) is 9.79 Å². The van der Waals surface area contributed by atoms with Gasteiger partial charge in [0.15, 0.2) is 6.61 Å². The first-order chi connectivity index (χ1) is 14.0. The van der Waals surface area contributed by atoms with E-state index in [1.165, 1.54) is 0 Å². The predicted octanol–water partition coefficient (Wildman–Crippen LogP) is 5.99. The van der Waals surface area contributed by atoms with Crippen LogP contribution in [0.15, 0.2) is 80.7 Å². The lowest BCUT2D eigenvalue weighted by Gasteiger charge is -2.12. The van der Waals surface area contributed by atoms with Gasteiger partial charge in [-0.25, -0.2) is 0 Å². The van der Waals surface area contributed by atoms with Crippen LogP contribution in [0.3, 0.4) is 0 Å². The third-order valence-electron chi connectivity index (χ3n) is 3.87. The fourth-order valence-corrected chi connectivity index (χ4v) is 3.87. The number of nitrogens with one attached hydrogen (secondary N) is 1. The molecule has 0 saturated heterocycles. The number of anilines is 1. The molecule has 0 fully saturated rings. The Labute approximate surface area is 186 Å². The summed E-state index contributed by atoms with van der Waals surface area (Å²) in [6.07, 6.45) is 1.70. The molecule has 0 radical (unpaired) electrons. The van der Waals surface area contributed by atoms with Crippen molar-refractivity contribution in [1.82, 2.24) is 0 Å². The van der Waals surface area contributed by atoms with Gasteiger partial charge < -0.3 is 14.8 Å². The van der Waals surface area contributed by atoms with Crippen molar-refractivity contribution in [2.45, 2.75) is 0 Å². The monoisotopic (exact) mass is 516 g/mol. The molecule has 29 heavy (non-hydrogen) atoms. The maximum absolute atomic E-state index is 12.2. The van der Waals surface area contributed by atoms with Crippen LogP contribution in [0, 0.1) is 0 Å². The molecule has 0 saturated carbocycles. The van der Waals surface area contributed by atoms with Crippen molar-refractivity contribution in [1.29, 1.82) is 0 Å². The van der Waals surface area contributed by atoms with Crippen molar-refractivity contribution < 1.29 is 14.3 Å². The second-order valence-corrected chi connectivity index (χ2v) is 7.74. The van der Waals surface area contributed by atoms with Crippen molar-refractivity contribution >= 4 is 55.4 Å². The van der Waals surface area contributed by atoms with Crippen molar-refractivity contribution in [3.05, 3.63) is 81.2 Å². The Morgan fingerprint density at radius 2 is 1.79 bits per heavy atom. The normalized spacial score (nSPS) is 10.7. The molecule has 5 nitrogen and oxygen atoms in total. The lowest BCUT2D eigenvalue weighted by Crippen LogP contribution is -2.20. The van der Waals surface area contributed by atoms with E-state index < -0.39 is 0 Å². The summed E-state index contributed by atoms with van der Waals surface area (Å²) in [5.41, 5.74) is 2.22. The summed E-state index contributed by atoms with van der Waals surface area (Å²) in [6, 6.07) is 20.4. The van der Waals surface area contributed by atoms with Crippen molar-refractivity contribution in [2.75, 3.05) is 19.0 Å². The highest BCUT2D eigenvalue weighted by molar-refractivity contribution is 9.11. The molecule has 0 atom stereocenters. The van der Waals surface area contributed by atoms with Crippen LogP contribution >= 0.6 is 31.9 Å². The average Bonchev–Trinajstić information content (AvgIpc) is 2.72.